The van der Waals surface area contributed by atoms with Crippen molar-refractivity contribution in [3.63, 3.8) is 0 Å². The number of hydrogen-bond acceptors (Lipinski definition) is 4. The molecular formula is C12H20N2O3. The van der Waals surface area contributed by atoms with Gasteiger partial charge in [-0.15, -0.1) is 0 Å². The molecule has 5 nitrogen and oxygen atoms in total. The van der Waals surface area contributed by atoms with Gasteiger partial charge in [0.15, 0.2) is 5.75 Å². The molecule has 5 heteroatoms. The van der Waals surface area contributed by atoms with Crippen LogP contribution in [0.2, 0.25) is 0 Å². The minimum Gasteiger partial charge on any atom is -0.493 e. The average Bonchev–Trinajstić information content (AvgIpc) is 2.93. The SMILES string of the molecule is CCn1ncc(OC)c1C(O)C1COC(C)C1. The molecule has 1 fully saturated rings. The molecule has 1 N–H and O–H groups in total. The number of hydrogen-bond donors (Lipinski definition) is 1. The van der Waals surface area contributed by atoms with Crippen molar-refractivity contribution in [3.8, 4) is 5.75 Å². The van der Waals surface area contributed by atoms with Crippen molar-refractivity contribution >= 4 is 0 Å². The standard InChI is InChI=1S/C12H20N2O3/c1-4-14-11(10(16-3)6-13-14)12(15)9-5-8(2)17-7-9/h6,8-9,12,15H,4-5,7H2,1-3H3. The number of nitrogens with zero attached hydrogens (tertiary/aromatic N) is 2. The van der Waals surface area contributed by atoms with Crippen molar-refractivity contribution in [2.45, 2.75) is 39.0 Å². The molecule has 1 aliphatic heterocycles. The van der Waals surface area contributed by atoms with Crippen molar-refractivity contribution in [3.05, 3.63) is 11.9 Å². The van der Waals surface area contributed by atoms with Crippen LogP contribution in [0, 0.1) is 5.92 Å². The van der Waals surface area contributed by atoms with Gasteiger partial charge in [-0.05, 0) is 20.3 Å². The minimum atomic E-state index is -0.572. The number of ether oxygens (including phenoxy) is 2. The Morgan fingerprint density at radius 2 is 2.47 bits per heavy atom. The normalized spacial score (nSPS) is 26.1. The molecule has 96 valence electrons. The topological polar surface area (TPSA) is 56.5 Å². The van der Waals surface area contributed by atoms with Gasteiger partial charge in [0.1, 0.15) is 11.8 Å². The summed E-state index contributed by atoms with van der Waals surface area (Å²) in [6.07, 6.45) is 2.18. The van der Waals surface area contributed by atoms with E-state index in [2.05, 4.69) is 5.10 Å². The van der Waals surface area contributed by atoms with Crippen LogP contribution in [0.3, 0.4) is 0 Å². The molecule has 0 aromatic carbocycles. The van der Waals surface area contributed by atoms with Gasteiger partial charge < -0.3 is 14.6 Å². The number of aliphatic hydroxyl groups excluding tert-OH is 1. The fourth-order valence-electron chi connectivity index (χ4n) is 2.38. The number of aromatic nitrogens is 2. The Balaban J connectivity index is 2.22. The van der Waals surface area contributed by atoms with E-state index in [1.165, 1.54) is 0 Å². The largest absolute Gasteiger partial charge is 0.493 e. The Morgan fingerprint density at radius 1 is 1.71 bits per heavy atom. The molecule has 0 spiro atoms. The Kier molecular flexibility index (Phi) is 3.69. The molecule has 2 heterocycles. The van der Waals surface area contributed by atoms with E-state index in [-0.39, 0.29) is 12.0 Å². The number of aryl methyl sites for hydroxylation is 1. The third kappa shape index (κ3) is 2.30. The van der Waals surface area contributed by atoms with Crippen molar-refractivity contribution < 1.29 is 14.6 Å². The highest BCUT2D eigenvalue weighted by Gasteiger charge is 2.33. The Bertz CT molecular complexity index is 356. The third-order valence-corrected chi connectivity index (χ3v) is 3.32. The summed E-state index contributed by atoms with van der Waals surface area (Å²) in [5.74, 6) is 0.778. The fourth-order valence-corrected chi connectivity index (χ4v) is 2.38. The monoisotopic (exact) mass is 240 g/mol. The summed E-state index contributed by atoms with van der Waals surface area (Å²) in [7, 11) is 1.60. The van der Waals surface area contributed by atoms with E-state index in [4.69, 9.17) is 9.47 Å². The summed E-state index contributed by atoms with van der Waals surface area (Å²) in [4.78, 5) is 0. The van der Waals surface area contributed by atoms with Crippen molar-refractivity contribution in [1.29, 1.82) is 0 Å². The van der Waals surface area contributed by atoms with Crippen LogP contribution >= 0.6 is 0 Å². The first-order chi connectivity index (χ1) is 8.17. The fraction of sp³-hybridized carbons (Fsp3) is 0.750. The molecule has 17 heavy (non-hydrogen) atoms. The van der Waals surface area contributed by atoms with Gasteiger partial charge in [-0.25, -0.2) is 0 Å². The molecule has 0 amide bonds. The van der Waals surface area contributed by atoms with Crippen LogP contribution in [0.25, 0.3) is 0 Å². The predicted octanol–water partition coefficient (Wildman–Crippen LogP) is 1.37. The van der Waals surface area contributed by atoms with E-state index in [1.54, 1.807) is 18.0 Å². The molecule has 1 saturated heterocycles. The Hall–Kier alpha value is -1.07. The molecule has 2 rings (SSSR count). The van der Waals surface area contributed by atoms with Gasteiger partial charge in [0, 0.05) is 12.5 Å². The maximum atomic E-state index is 10.4. The zero-order valence-electron chi connectivity index (χ0n) is 10.6. The van der Waals surface area contributed by atoms with Crippen molar-refractivity contribution in [2.24, 2.45) is 5.92 Å². The Labute approximate surface area is 101 Å². The lowest BCUT2D eigenvalue weighted by Gasteiger charge is -2.18. The number of aliphatic hydroxyl groups is 1. The second-order valence-corrected chi connectivity index (χ2v) is 4.50. The quantitative estimate of drug-likeness (QED) is 0.863. The van der Waals surface area contributed by atoms with Gasteiger partial charge in [0.2, 0.25) is 0 Å². The van der Waals surface area contributed by atoms with Gasteiger partial charge in [-0.2, -0.15) is 5.10 Å². The lowest BCUT2D eigenvalue weighted by Crippen LogP contribution is -2.18. The summed E-state index contributed by atoms with van der Waals surface area (Å²) >= 11 is 0. The van der Waals surface area contributed by atoms with E-state index in [0.717, 1.165) is 18.7 Å². The summed E-state index contributed by atoms with van der Waals surface area (Å²) in [6.45, 7) is 5.34. The maximum Gasteiger partial charge on any atom is 0.162 e. The second kappa shape index (κ2) is 5.06. The van der Waals surface area contributed by atoms with Crippen LogP contribution in [0.4, 0.5) is 0 Å². The number of rotatable bonds is 4. The van der Waals surface area contributed by atoms with Crippen LogP contribution in [0.1, 0.15) is 32.1 Å². The highest BCUT2D eigenvalue weighted by molar-refractivity contribution is 5.28. The molecule has 1 aliphatic rings. The van der Waals surface area contributed by atoms with E-state index in [0.29, 0.717) is 12.4 Å². The molecule has 0 bridgehead atoms. The highest BCUT2D eigenvalue weighted by Crippen LogP contribution is 2.35. The maximum absolute atomic E-state index is 10.4. The van der Waals surface area contributed by atoms with E-state index < -0.39 is 6.10 Å². The first-order valence-corrected chi connectivity index (χ1v) is 6.06. The molecule has 3 unspecified atom stereocenters. The van der Waals surface area contributed by atoms with Crippen LogP contribution in [0.15, 0.2) is 6.20 Å². The van der Waals surface area contributed by atoms with Crippen LogP contribution < -0.4 is 4.74 Å². The molecule has 1 aromatic rings. The van der Waals surface area contributed by atoms with Gasteiger partial charge in [0.25, 0.3) is 0 Å². The van der Waals surface area contributed by atoms with Crippen molar-refractivity contribution in [1.82, 2.24) is 9.78 Å². The summed E-state index contributed by atoms with van der Waals surface area (Å²) in [6, 6.07) is 0. The third-order valence-electron chi connectivity index (χ3n) is 3.32. The van der Waals surface area contributed by atoms with E-state index in [1.807, 2.05) is 13.8 Å². The first kappa shape index (κ1) is 12.4. The summed E-state index contributed by atoms with van der Waals surface area (Å²) in [5, 5.41) is 14.6. The lowest BCUT2D eigenvalue weighted by molar-refractivity contribution is 0.0737. The van der Waals surface area contributed by atoms with Gasteiger partial charge in [-0.1, -0.05) is 0 Å². The van der Waals surface area contributed by atoms with Crippen LogP contribution in [-0.4, -0.2) is 34.7 Å². The van der Waals surface area contributed by atoms with Crippen LogP contribution in [-0.2, 0) is 11.3 Å². The van der Waals surface area contributed by atoms with E-state index >= 15 is 0 Å². The molecule has 3 atom stereocenters. The van der Waals surface area contributed by atoms with Gasteiger partial charge in [-0.3, -0.25) is 4.68 Å². The smallest absolute Gasteiger partial charge is 0.162 e. The molecule has 0 saturated carbocycles. The predicted molar refractivity (Wildman–Crippen MR) is 62.9 cm³/mol. The molecular weight excluding hydrogens is 220 g/mol. The molecule has 0 aliphatic carbocycles. The van der Waals surface area contributed by atoms with Gasteiger partial charge in [0.05, 0.1) is 26.0 Å². The average molecular weight is 240 g/mol. The number of methoxy groups -OCH3 is 1. The summed E-state index contributed by atoms with van der Waals surface area (Å²) < 4.78 is 12.5. The highest BCUT2D eigenvalue weighted by atomic mass is 16.5. The Morgan fingerprint density at radius 3 is 3.00 bits per heavy atom. The van der Waals surface area contributed by atoms with Crippen LogP contribution in [0.5, 0.6) is 5.75 Å². The van der Waals surface area contributed by atoms with Gasteiger partial charge >= 0.3 is 0 Å². The lowest BCUT2D eigenvalue weighted by atomic mass is 9.96. The molecule has 0 radical (unpaired) electrons. The molecule has 1 aromatic heterocycles. The first-order valence-electron chi connectivity index (χ1n) is 6.06. The second-order valence-electron chi connectivity index (χ2n) is 4.50. The van der Waals surface area contributed by atoms with E-state index in [9.17, 15) is 5.11 Å². The van der Waals surface area contributed by atoms with Crippen molar-refractivity contribution in [2.75, 3.05) is 13.7 Å². The minimum absolute atomic E-state index is 0.126. The zero-order valence-corrected chi connectivity index (χ0v) is 10.6. The summed E-state index contributed by atoms with van der Waals surface area (Å²) in [5.41, 5.74) is 0.762. The zero-order chi connectivity index (χ0) is 12.4.